The normalized spacial score (nSPS) is 13.6. The van der Waals surface area contributed by atoms with Crippen LogP contribution in [0, 0.1) is 18.6 Å². The molecule has 0 saturated carbocycles. The molecule has 0 aliphatic rings. The van der Waals surface area contributed by atoms with Gasteiger partial charge in [0.2, 0.25) is 0 Å². The molecule has 2 heterocycles. The van der Waals surface area contributed by atoms with Crippen LogP contribution < -0.4 is 5.32 Å². The summed E-state index contributed by atoms with van der Waals surface area (Å²) in [6.07, 6.45) is 2.74. The van der Waals surface area contributed by atoms with Gasteiger partial charge in [-0.2, -0.15) is 10.2 Å². The lowest BCUT2D eigenvalue weighted by molar-refractivity contribution is 0.0726. The second-order valence-electron chi connectivity index (χ2n) is 9.46. The maximum atomic E-state index is 14.8. The Morgan fingerprint density at radius 3 is 2.44 bits per heavy atom. The van der Waals surface area contributed by atoms with Crippen LogP contribution in [0.15, 0.2) is 61.7 Å². The minimum Gasteiger partial charge on any atom is -0.378 e. The summed E-state index contributed by atoms with van der Waals surface area (Å²) in [5.41, 5.74) is 1.96. The van der Waals surface area contributed by atoms with Crippen molar-refractivity contribution < 1.29 is 13.9 Å². The first kappa shape index (κ1) is 23.7. The van der Waals surface area contributed by atoms with Crippen LogP contribution in [0.25, 0.3) is 16.7 Å². The summed E-state index contributed by atoms with van der Waals surface area (Å²) < 4.78 is 29.8. The summed E-state index contributed by atoms with van der Waals surface area (Å²) >= 11 is 0. The molecular weight excluding hydrogens is 452 g/mol. The van der Waals surface area contributed by atoms with Gasteiger partial charge < -0.3 is 5.11 Å². The number of benzene rings is 2. The number of aromatic nitrogens is 5. The number of aliphatic hydroxyl groups is 1. The van der Waals surface area contributed by atoms with Crippen LogP contribution in [0.2, 0.25) is 19.6 Å². The van der Waals surface area contributed by atoms with Crippen LogP contribution in [0.1, 0.15) is 16.8 Å². The van der Waals surface area contributed by atoms with E-state index < -0.39 is 25.3 Å². The van der Waals surface area contributed by atoms with Gasteiger partial charge in [0.15, 0.2) is 0 Å². The Hall–Kier alpha value is -3.43. The molecule has 2 aromatic heterocycles. The summed E-state index contributed by atoms with van der Waals surface area (Å²) in [5, 5.41) is 24.5. The quantitative estimate of drug-likeness (QED) is 0.385. The van der Waals surface area contributed by atoms with Crippen molar-refractivity contribution in [3.05, 3.63) is 90.2 Å². The summed E-state index contributed by atoms with van der Waals surface area (Å²) in [5.74, 6) is -1.60. The third kappa shape index (κ3) is 4.36. The van der Waals surface area contributed by atoms with E-state index in [2.05, 4.69) is 46.5 Å². The second-order valence-corrected chi connectivity index (χ2v) is 14.4. The molecule has 2 aromatic carbocycles. The van der Waals surface area contributed by atoms with E-state index in [0.29, 0.717) is 5.56 Å². The van der Waals surface area contributed by atoms with E-state index in [1.165, 1.54) is 23.4 Å². The Morgan fingerprint density at radius 2 is 1.85 bits per heavy atom. The van der Waals surface area contributed by atoms with Gasteiger partial charge >= 0.3 is 0 Å². The van der Waals surface area contributed by atoms with Crippen molar-refractivity contribution in [1.29, 1.82) is 0 Å². The lowest BCUT2D eigenvalue weighted by atomic mass is 9.82. The molecule has 0 aliphatic heterocycles. The molecule has 4 rings (SSSR count). The molecule has 0 amide bonds. The molecule has 0 radical (unpaired) electrons. The smallest absolute Gasteiger partial charge is 0.137 e. The van der Waals surface area contributed by atoms with Gasteiger partial charge in [0.05, 0.1) is 11.9 Å². The van der Waals surface area contributed by atoms with Gasteiger partial charge in [-0.3, -0.25) is 5.10 Å². The minimum atomic E-state index is -1.89. The fraction of sp³-hybridized carbons (Fsp3) is 0.240. The van der Waals surface area contributed by atoms with Crippen LogP contribution in [-0.2, 0) is 12.1 Å². The molecule has 0 aliphatic carbocycles. The first-order chi connectivity index (χ1) is 16.0. The first-order valence-electron chi connectivity index (χ1n) is 10.9. The number of hydrogen-bond donors (Lipinski definition) is 2. The molecule has 4 aromatic rings. The number of aromatic amines is 1. The Bertz CT molecular complexity index is 1330. The van der Waals surface area contributed by atoms with E-state index in [-0.39, 0.29) is 17.7 Å². The van der Waals surface area contributed by atoms with Crippen LogP contribution in [0.5, 0.6) is 0 Å². The van der Waals surface area contributed by atoms with Crippen LogP contribution >= 0.6 is 0 Å². The van der Waals surface area contributed by atoms with Crippen molar-refractivity contribution in [3.63, 3.8) is 0 Å². The molecule has 2 N–H and O–H groups in total. The van der Waals surface area contributed by atoms with Gasteiger partial charge in [0.25, 0.3) is 0 Å². The number of halogens is 2. The molecular formula is C25H27F2N5OSi. The van der Waals surface area contributed by atoms with E-state index in [1.54, 1.807) is 0 Å². The number of rotatable bonds is 7. The van der Waals surface area contributed by atoms with Crippen molar-refractivity contribution in [2.24, 2.45) is 0 Å². The Balaban J connectivity index is 1.75. The summed E-state index contributed by atoms with van der Waals surface area (Å²) in [6, 6.07) is 10.7. The van der Waals surface area contributed by atoms with Gasteiger partial charge in [-0.15, -0.1) is 0 Å². The van der Waals surface area contributed by atoms with Crippen LogP contribution in [0.4, 0.5) is 8.78 Å². The predicted molar refractivity (Wildman–Crippen MR) is 131 cm³/mol. The number of H-pyrrole nitrogens is 1. The summed E-state index contributed by atoms with van der Waals surface area (Å²) in [6.45, 7) is 12.7. The van der Waals surface area contributed by atoms with E-state index in [9.17, 15) is 13.9 Å². The van der Waals surface area contributed by atoms with Gasteiger partial charge in [0, 0.05) is 22.9 Å². The molecule has 6 nitrogen and oxygen atoms in total. The topological polar surface area (TPSA) is 79.6 Å². The zero-order chi connectivity index (χ0) is 24.7. The Morgan fingerprint density at radius 1 is 1.15 bits per heavy atom. The fourth-order valence-electron chi connectivity index (χ4n) is 4.12. The highest BCUT2D eigenvalue weighted by atomic mass is 28.3. The van der Waals surface area contributed by atoms with Crippen molar-refractivity contribution in [2.45, 2.75) is 38.7 Å². The second kappa shape index (κ2) is 8.73. The first-order valence-corrected chi connectivity index (χ1v) is 14.4. The molecule has 1 atom stereocenters. The highest BCUT2D eigenvalue weighted by molar-refractivity contribution is 6.89. The number of aryl methyl sites for hydroxylation is 1. The van der Waals surface area contributed by atoms with E-state index >= 15 is 0 Å². The average Bonchev–Trinajstić information content (AvgIpc) is 3.42. The van der Waals surface area contributed by atoms with Gasteiger partial charge in [-0.25, -0.2) is 18.4 Å². The lowest BCUT2D eigenvalue weighted by Crippen LogP contribution is -2.40. The van der Waals surface area contributed by atoms with Gasteiger partial charge in [-0.1, -0.05) is 50.5 Å². The Labute approximate surface area is 198 Å². The number of hydrogen-bond acceptors (Lipinski definition) is 4. The molecule has 9 heteroatoms. The maximum Gasteiger partial charge on any atom is 0.137 e. The van der Waals surface area contributed by atoms with E-state index in [1.807, 2.05) is 31.2 Å². The third-order valence-electron chi connectivity index (χ3n) is 5.91. The predicted octanol–water partition coefficient (Wildman–Crippen LogP) is 4.40. The molecule has 0 spiro atoms. The highest BCUT2D eigenvalue weighted by Gasteiger charge is 2.37. The molecule has 34 heavy (non-hydrogen) atoms. The molecule has 0 fully saturated rings. The average molecular weight is 480 g/mol. The SMILES string of the molecule is C=C(c1ccc(-c2c([Si](C)(C)C)n[nH]c2C)cc1)C(O)(Cn1cncn1)c1ccc(F)cc1F. The molecule has 0 saturated heterocycles. The van der Waals surface area contributed by atoms with Crippen molar-refractivity contribution in [2.75, 3.05) is 0 Å². The number of nitrogens with one attached hydrogen (secondary N) is 1. The van der Waals surface area contributed by atoms with Gasteiger partial charge in [-0.05, 0) is 35.8 Å². The molecule has 0 bridgehead atoms. The Kier molecular flexibility index (Phi) is 6.09. The zero-order valence-corrected chi connectivity index (χ0v) is 20.6. The molecule has 176 valence electrons. The van der Waals surface area contributed by atoms with Crippen LogP contribution in [-0.4, -0.2) is 38.1 Å². The standard InChI is InChI=1S/C25H27F2N5OSi/c1-16(18-6-8-19(9-7-18)23-17(2)30-31-24(23)34(3,4)5)25(33,13-32-15-28-14-29-32)21-11-10-20(26)12-22(21)27/h6-12,14-15,33H,1,13H2,2-5H3,(H,30,31). The zero-order valence-electron chi connectivity index (χ0n) is 19.6. The van der Waals surface area contributed by atoms with Crippen LogP contribution in [0.3, 0.4) is 0 Å². The summed E-state index contributed by atoms with van der Waals surface area (Å²) in [4.78, 5) is 3.90. The highest BCUT2D eigenvalue weighted by Crippen LogP contribution is 2.38. The monoisotopic (exact) mass is 479 g/mol. The largest absolute Gasteiger partial charge is 0.378 e. The van der Waals surface area contributed by atoms with E-state index in [4.69, 9.17) is 0 Å². The number of nitrogens with zero attached hydrogens (tertiary/aromatic N) is 4. The van der Waals surface area contributed by atoms with Gasteiger partial charge in [0.1, 0.15) is 38.0 Å². The molecule has 1 unspecified atom stereocenters. The van der Waals surface area contributed by atoms with Crippen molar-refractivity contribution >= 4 is 19.0 Å². The maximum absolute atomic E-state index is 14.8. The van der Waals surface area contributed by atoms with E-state index in [0.717, 1.165) is 34.3 Å². The fourth-order valence-corrected chi connectivity index (χ4v) is 5.59. The lowest BCUT2D eigenvalue weighted by Gasteiger charge is -2.31. The summed E-state index contributed by atoms with van der Waals surface area (Å²) in [7, 11) is -1.68. The van der Waals surface area contributed by atoms with Crippen molar-refractivity contribution in [3.8, 4) is 11.1 Å². The third-order valence-corrected chi connectivity index (χ3v) is 7.70. The minimum absolute atomic E-state index is 0.0924. The van der Waals surface area contributed by atoms with Crippen molar-refractivity contribution in [1.82, 2.24) is 25.0 Å².